The highest BCUT2D eigenvalue weighted by atomic mass is 16.5. The van der Waals surface area contributed by atoms with Gasteiger partial charge in [0.05, 0.1) is 54.2 Å². The van der Waals surface area contributed by atoms with Gasteiger partial charge in [-0.25, -0.2) is 4.79 Å². The number of esters is 1. The van der Waals surface area contributed by atoms with Gasteiger partial charge >= 0.3 is 5.97 Å². The number of ether oxygens (including phenoxy) is 1. The van der Waals surface area contributed by atoms with Crippen molar-refractivity contribution in [1.29, 1.82) is 0 Å². The van der Waals surface area contributed by atoms with Crippen LogP contribution in [-0.4, -0.2) is 143 Å². The summed E-state index contributed by atoms with van der Waals surface area (Å²) in [5.74, 6) is -3.09. The van der Waals surface area contributed by atoms with Crippen LogP contribution in [0.5, 0.6) is 0 Å². The summed E-state index contributed by atoms with van der Waals surface area (Å²) >= 11 is 0. The number of aliphatic hydroxyl groups excluding tert-OH is 3. The molecule has 0 atom stereocenters. The van der Waals surface area contributed by atoms with E-state index >= 15 is 0 Å². The number of aliphatic hydroxyl groups is 3. The molecule has 2 aromatic carbocycles. The largest absolute Gasteiger partial charge is 0.460 e. The molecule has 0 saturated heterocycles. The van der Waals surface area contributed by atoms with Gasteiger partial charge in [0.1, 0.15) is 6.61 Å². The van der Waals surface area contributed by atoms with Gasteiger partial charge in [0.25, 0.3) is 23.6 Å². The van der Waals surface area contributed by atoms with E-state index in [1.165, 1.54) is 31.7 Å². The third kappa shape index (κ3) is 10.6. The number of hydrogen-bond acceptors (Lipinski definition) is 9. The summed E-state index contributed by atoms with van der Waals surface area (Å²) in [5, 5.41) is 28.9. The quantitative estimate of drug-likeness (QED) is 0.198. The van der Waals surface area contributed by atoms with Crippen molar-refractivity contribution in [2.75, 3.05) is 78.8 Å². The summed E-state index contributed by atoms with van der Waals surface area (Å²) in [7, 11) is 0. The van der Waals surface area contributed by atoms with Crippen LogP contribution in [0, 0.1) is 0 Å². The Bertz CT molecular complexity index is 1470. The fourth-order valence-corrected chi connectivity index (χ4v) is 5.40. The molecule has 0 radical (unpaired) electrons. The Labute approximate surface area is 295 Å². The minimum absolute atomic E-state index is 0.0292. The van der Waals surface area contributed by atoms with E-state index in [9.17, 15) is 39.3 Å². The van der Waals surface area contributed by atoms with Crippen molar-refractivity contribution in [3.63, 3.8) is 0 Å². The molecule has 4 amide bonds. The molecule has 3 N–H and O–H groups in total. The molecule has 0 aliphatic carbocycles. The summed E-state index contributed by atoms with van der Waals surface area (Å²) in [6.45, 7) is 12.5. The molecule has 276 valence electrons. The molecule has 2 aromatic rings. The van der Waals surface area contributed by atoms with Crippen LogP contribution in [-0.2, 0) is 10.2 Å². The van der Waals surface area contributed by atoms with Gasteiger partial charge in [-0.1, -0.05) is 32.9 Å². The lowest BCUT2D eigenvalue weighted by atomic mass is 9.87. The average Bonchev–Trinajstić information content (AvgIpc) is 3.11. The summed E-state index contributed by atoms with van der Waals surface area (Å²) in [6.07, 6.45) is 0. The van der Waals surface area contributed by atoms with Gasteiger partial charge in [-0.05, 0) is 62.9 Å². The normalized spacial score (nSPS) is 11.2. The number of carbonyl (C=O) groups is 5. The van der Waals surface area contributed by atoms with Crippen LogP contribution < -0.4 is 0 Å². The van der Waals surface area contributed by atoms with Crippen molar-refractivity contribution in [2.24, 2.45) is 0 Å². The van der Waals surface area contributed by atoms with Gasteiger partial charge in [-0.2, -0.15) is 0 Å². The second-order valence-electron chi connectivity index (χ2n) is 12.6. The van der Waals surface area contributed by atoms with Crippen molar-refractivity contribution < 1.29 is 44.0 Å². The molecule has 50 heavy (non-hydrogen) atoms. The molecule has 0 fully saturated rings. The summed E-state index contributed by atoms with van der Waals surface area (Å²) < 4.78 is 5.49. The lowest BCUT2D eigenvalue weighted by Gasteiger charge is -2.28. The number of likely N-dealkylation sites (N-methyl/N-ethyl adjacent to an activating group) is 4. The first kappa shape index (κ1) is 41.8. The highest BCUT2D eigenvalue weighted by Gasteiger charge is 2.32. The second-order valence-corrected chi connectivity index (χ2v) is 12.6. The minimum Gasteiger partial charge on any atom is -0.460 e. The Balaban J connectivity index is 2.63. The third-order valence-electron chi connectivity index (χ3n) is 8.45. The zero-order chi connectivity index (χ0) is 37.6. The monoisotopic (exact) mass is 698 g/mol. The minimum atomic E-state index is -0.637. The van der Waals surface area contributed by atoms with Crippen LogP contribution in [0.4, 0.5) is 0 Å². The Morgan fingerprint density at radius 1 is 0.560 bits per heavy atom. The van der Waals surface area contributed by atoms with Gasteiger partial charge in [-0.15, -0.1) is 0 Å². The van der Waals surface area contributed by atoms with Crippen LogP contribution >= 0.6 is 0 Å². The van der Waals surface area contributed by atoms with Gasteiger partial charge in [0.15, 0.2) is 0 Å². The smallest absolute Gasteiger partial charge is 0.338 e. The molecular formula is C37H54N4O9. The van der Waals surface area contributed by atoms with E-state index in [2.05, 4.69) is 20.8 Å². The lowest BCUT2D eigenvalue weighted by molar-refractivity contribution is 0.0438. The molecule has 0 unspecified atom stereocenters. The first-order valence-electron chi connectivity index (χ1n) is 17.2. The van der Waals surface area contributed by atoms with Crippen LogP contribution in [0.3, 0.4) is 0 Å². The molecular weight excluding hydrogens is 644 g/mol. The van der Waals surface area contributed by atoms with Crippen molar-refractivity contribution >= 4 is 29.6 Å². The Morgan fingerprint density at radius 2 is 0.880 bits per heavy atom. The SMILES string of the molecule is CCN(CCO)C(=O)c1cc(C(=O)N(CC)CCO)c(C(=O)N(CC)CCOC(=O)c2ccc(C(C)(C)C)cc2)cc1C(=O)N(CC)CCO. The highest BCUT2D eigenvalue weighted by Crippen LogP contribution is 2.25. The van der Waals surface area contributed by atoms with Crippen molar-refractivity contribution in [2.45, 2.75) is 53.9 Å². The molecule has 0 aliphatic heterocycles. The summed E-state index contributed by atoms with van der Waals surface area (Å²) in [4.78, 5) is 74.1. The lowest BCUT2D eigenvalue weighted by Crippen LogP contribution is -2.40. The third-order valence-corrected chi connectivity index (χ3v) is 8.45. The summed E-state index contributed by atoms with van der Waals surface area (Å²) in [5.41, 5.74) is 0.742. The van der Waals surface area contributed by atoms with Gasteiger partial charge < -0.3 is 39.7 Å². The average molecular weight is 699 g/mol. The van der Waals surface area contributed by atoms with E-state index in [1.807, 2.05) is 12.1 Å². The van der Waals surface area contributed by atoms with E-state index in [0.29, 0.717) is 5.56 Å². The molecule has 0 bridgehead atoms. The first-order chi connectivity index (χ1) is 23.7. The zero-order valence-corrected chi connectivity index (χ0v) is 30.5. The standard InChI is InChI=1S/C37H54N4O9/c1-8-38(16-20-42)32(45)28-24-30(34(47)40(10-3)18-22-44)31(25-29(28)33(46)39(9-2)17-21-43)35(48)41(11-4)19-23-50-36(49)26-12-14-27(15-13-26)37(5,6)7/h12-15,24-25,42-44H,8-11,16-23H2,1-7H3. The number of amides is 4. The highest BCUT2D eigenvalue weighted by molar-refractivity contribution is 6.14. The van der Waals surface area contributed by atoms with E-state index in [4.69, 9.17) is 4.74 Å². The van der Waals surface area contributed by atoms with E-state index in [-0.39, 0.29) is 106 Å². The van der Waals surface area contributed by atoms with Gasteiger partial charge in [0.2, 0.25) is 0 Å². The Kier molecular flexibility index (Phi) is 16.5. The number of carbonyl (C=O) groups excluding carboxylic acids is 5. The maximum Gasteiger partial charge on any atom is 0.338 e. The number of hydrogen-bond donors (Lipinski definition) is 3. The van der Waals surface area contributed by atoms with E-state index in [0.717, 1.165) is 5.56 Å². The van der Waals surface area contributed by atoms with Gasteiger partial charge in [-0.3, -0.25) is 19.2 Å². The maximum atomic E-state index is 14.2. The topological polar surface area (TPSA) is 168 Å². The molecule has 0 aromatic heterocycles. The Morgan fingerprint density at radius 3 is 1.16 bits per heavy atom. The van der Waals surface area contributed by atoms with Gasteiger partial charge in [0, 0.05) is 45.8 Å². The number of nitrogens with zero attached hydrogens (tertiary/aromatic N) is 4. The first-order valence-corrected chi connectivity index (χ1v) is 17.2. The molecule has 2 rings (SSSR count). The zero-order valence-electron chi connectivity index (χ0n) is 30.5. The Hall–Kier alpha value is -4.33. The number of rotatable bonds is 18. The van der Waals surface area contributed by atoms with Crippen molar-refractivity contribution in [3.05, 3.63) is 69.8 Å². The van der Waals surface area contributed by atoms with Crippen LogP contribution in [0.1, 0.15) is 106 Å². The fraction of sp³-hybridized carbons (Fsp3) is 0.541. The molecule has 0 aliphatic rings. The van der Waals surface area contributed by atoms with Crippen molar-refractivity contribution in [3.8, 4) is 0 Å². The predicted octanol–water partition coefficient (Wildman–Crippen LogP) is 2.67. The van der Waals surface area contributed by atoms with Crippen molar-refractivity contribution in [1.82, 2.24) is 19.6 Å². The molecule has 13 heteroatoms. The second kappa shape index (κ2) is 19.8. The maximum absolute atomic E-state index is 14.2. The molecule has 0 spiro atoms. The van der Waals surface area contributed by atoms with Crippen LogP contribution in [0.15, 0.2) is 36.4 Å². The fourth-order valence-electron chi connectivity index (χ4n) is 5.40. The van der Waals surface area contributed by atoms with E-state index < -0.39 is 29.6 Å². The number of benzene rings is 2. The predicted molar refractivity (Wildman–Crippen MR) is 189 cm³/mol. The molecule has 0 heterocycles. The van der Waals surface area contributed by atoms with E-state index in [1.54, 1.807) is 39.8 Å². The van der Waals surface area contributed by atoms with Crippen LogP contribution in [0.25, 0.3) is 0 Å². The summed E-state index contributed by atoms with van der Waals surface area (Å²) in [6, 6.07) is 9.57. The molecule has 13 nitrogen and oxygen atoms in total. The molecule has 0 saturated carbocycles. The van der Waals surface area contributed by atoms with Crippen LogP contribution in [0.2, 0.25) is 0 Å².